The number of sulfonamides is 1. The van der Waals surface area contributed by atoms with Crippen LogP contribution in [-0.2, 0) is 21.4 Å². The minimum atomic E-state index is -4.39. The van der Waals surface area contributed by atoms with Gasteiger partial charge in [0, 0.05) is 23.2 Å². The minimum Gasteiger partial charge on any atom is -0.368 e. The van der Waals surface area contributed by atoms with Gasteiger partial charge in [0.2, 0.25) is 15.9 Å². The van der Waals surface area contributed by atoms with E-state index in [1.54, 1.807) is 24.3 Å². The molecule has 0 saturated carbocycles. The fourth-order valence-corrected chi connectivity index (χ4v) is 5.25. The molecule has 0 aliphatic heterocycles. The molecule has 0 aliphatic rings. The van der Waals surface area contributed by atoms with E-state index in [0.717, 1.165) is 16.4 Å². The van der Waals surface area contributed by atoms with Gasteiger partial charge in [0.15, 0.2) is 5.82 Å². The summed E-state index contributed by atoms with van der Waals surface area (Å²) >= 11 is 5.89. The SMILES string of the molecule is NC(=O)C(c1cc(F)cc(F)c1)N(Cc1ccc(-c2nc[nH]n2)cc1)S(=O)(=O)c1ccc(Cl)cc1. The van der Waals surface area contributed by atoms with E-state index in [1.165, 1.54) is 30.6 Å². The van der Waals surface area contributed by atoms with Crippen molar-refractivity contribution in [1.29, 1.82) is 0 Å². The quantitative estimate of drug-likeness (QED) is 0.368. The number of benzene rings is 3. The molecule has 0 spiro atoms. The summed E-state index contributed by atoms with van der Waals surface area (Å²) in [6, 6.07) is 12.5. The summed E-state index contributed by atoms with van der Waals surface area (Å²) in [5.74, 6) is -2.63. The van der Waals surface area contributed by atoms with Crippen molar-refractivity contribution in [2.24, 2.45) is 5.73 Å². The third-order valence-corrected chi connectivity index (χ3v) is 7.22. The lowest BCUT2D eigenvalue weighted by atomic mass is 10.0. The van der Waals surface area contributed by atoms with Crippen LogP contribution in [0.15, 0.2) is 78.0 Å². The molecule has 0 radical (unpaired) electrons. The van der Waals surface area contributed by atoms with Crippen LogP contribution in [0.4, 0.5) is 8.78 Å². The summed E-state index contributed by atoms with van der Waals surface area (Å²) < 4.78 is 56.1. The van der Waals surface area contributed by atoms with E-state index < -0.39 is 33.6 Å². The highest BCUT2D eigenvalue weighted by Crippen LogP contribution is 2.31. The number of H-pyrrole nitrogens is 1. The maximum atomic E-state index is 14.0. The number of primary amides is 1. The third-order valence-electron chi connectivity index (χ3n) is 5.14. The van der Waals surface area contributed by atoms with E-state index in [0.29, 0.717) is 28.0 Å². The Bertz CT molecular complexity index is 1430. The van der Waals surface area contributed by atoms with Crippen molar-refractivity contribution in [2.75, 3.05) is 0 Å². The molecule has 3 N–H and O–H groups in total. The molecule has 1 heterocycles. The van der Waals surface area contributed by atoms with E-state index >= 15 is 0 Å². The van der Waals surface area contributed by atoms with Crippen molar-refractivity contribution >= 4 is 27.5 Å². The first-order chi connectivity index (χ1) is 16.6. The lowest BCUT2D eigenvalue weighted by Gasteiger charge is -2.29. The molecular weight excluding hydrogens is 500 g/mol. The molecular formula is C23H18ClF2N5O3S. The standard InChI is InChI=1S/C23H18ClF2N5O3S/c24-17-5-7-20(8-6-17)35(33,34)31(21(22(27)32)16-9-18(25)11-19(26)10-16)12-14-1-3-15(4-2-14)23-28-13-29-30-23/h1-11,13,21H,12H2,(H2,27,32)(H,28,29,30). The predicted molar refractivity (Wildman–Crippen MR) is 124 cm³/mol. The molecule has 0 aliphatic carbocycles. The predicted octanol–water partition coefficient (Wildman–Crippen LogP) is 3.82. The van der Waals surface area contributed by atoms with Crippen LogP contribution in [0.2, 0.25) is 5.02 Å². The number of aromatic nitrogens is 3. The van der Waals surface area contributed by atoms with Crippen molar-refractivity contribution in [1.82, 2.24) is 19.5 Å². The molecule has 1 unspecified atom stereocenters. The molecule has 180 valence electrons. The Morgan fingerprint density at radius 1 is 1.03 bits per heavy atom. The second-order valence-corrected chi connectivity index (χ2v) is 9.86. The molecule has 1 atom stereocenters. The number of nitrogens with one attached hydrogen (secondary N) is 1. The van der Waals surface area contributed by atoms with Gasteiger partial charge in [-0.05, 0) is 47.5 Å². The number of carbonyl (C=O) groups is 1. The Kier molecular flexibility index (Phi) is 6.92. The molecule has 0 bridgehead atoms. The normalized spacial score (nSPS) is 12.6. The number of carbonyl (C=O) groups excluding carboxylic acids is 1. The number of nitrogens with zero attached hydrogens (tertiary/aromatic N) is 3. The monoisotopic (exact) mass is 517 g/mol. The van der Waals surface area contributed by atoms with Crippen LogP contribution in [0.3, 0.4) is 0 Å². The largest absolute Gasteiger partial charge is 0.368 e. The highest BCUT2D eigenvalue weighted by atomic mass is 35.5. The summed E-state index contributed by atoms with van der Waals surface area (Å²) in [5.41, 5.74) is 6.48. The van der Waals surface area contributed by atoms with Crippen LogP contribution in [0.5, 0.6) is 0 Å². The number of nitrogens with two attached hydrogens (primary N) is 1. The Morgan fingerprint density at radius 2 is 1.66 bits per heavy atom. The van der Waals surface area contributed by atoms with Gasteiger partial charge in [-0.1, -0.05) is 35.9 Å². The number of aromatic amines is 1. The molecule has 12 heteroatoms. The molecule has 3 aromatic carbocycles. The van der Waals surface area contributed by atoms with Gasteiger partial charge in [-0.25, -0.2) is 22.2 Å². The van der Waals surface area contributed by atoms with Crippen molar-refractivity contribution in [3.05, 3.63) is 101 Å². The Labute approximate surface area is 204 Å². The van der Waals surface area contributed by atoms with E-state index in [4.69, 9.17) is 17.3 Å². The van der Waals surface area contributed by atoms with Gasteiger partial charge in [0.05, 0.1) is 4.90 Å². The maximum absolute atomic E-state index is 14.0. The summed E-state index contributed by atoms with van der Waals surface area (Å²) in [6.45, 7) is -0.328. The van der Waals surface area contributed by atoms with Crippen LogP contribution in [0, 0.1) is 11.6 Å². The van der Waals surface area contributed by atoms with Crippen LogP contribution >= 0.6 is 11.6 Å². The second kappa shape index (κ2) is 9.90. The molecule has 4 rings (SSSR count). The summed E-state index contributed by atoms with van der Waals surface area (Å²) in [5, 5.41) is 6.89. The Morgan fingerprint density at radius 3 is 2.20 bits per heavy atom. The van der Waals surface area contributed by atoms with Crippen LogP contribution in [0.1, 0.15) is 17.2 Å². The number of halogens is 3. The lowest BCUT2D eigenvalue weighted by Crippen LogP contribution is -2.41. The first kappa shape index (κ1) is 24.5. The van der Waals surface area contributed by atoms with Crippen molar-refractivity contribution in [2.45, 2.75) is 17.5 Å². The topological polar surface area (TPSA) is 122 Å². The smallest absolute Gasteiger partial charge is 0.244 e. The van der Waals surface area contributed by atoms with Crippen molar-refractivity contribution in [3.63, 3.8) is 0 Å². The highest BCUT2D eigenvalue weighted by Gasteiger charge is 2.36. The summed E-state index contributed by atoms with van der Waals surface area (Å²) in [7, 11) is -4.39. The van der Waals surface area contributed by atoms with Crippen molar-refractivity contribution < 1.29 is 22.0 Å². The van der Waals surface area contributed by atoms with Crippen LogP contribution < -0.4 is 5.73 Å². The first-order valence-electron chi connectivity index (χ1n) is 10.1. The number of amides is 1. The zero-order valence-electron chi connectivity index (χ0n) is 17.9. The van der Waals surface area contributed by atoms with E-state index in [1.807, 2.05) is 0 Å². The van der Waals surface area contributed by atoms with Crippen molar-refractivity contribution in [3.8, 4) is 11.4 Å². The Hall–Kier alpha value is -3.67. The fraction of sp³-hybridized carbons (Fsp3) is 0.0870. The molecule has 1 aromatic heterocycles. The van der Waals surface area contributed by atoms with Gasteiger partial charge >= 0.3 is 0 Å². The lowest BCUT2D eigenvalue weighted by molar-refractivity contribution is -0.122. The zero-order valence-corrected chi connectivity index (χ0v) is 19.5. The number of hydrogen-bond acceptors (Lipinski definition) is 5. The molecule has 8 nitrogen and oxygen atoms in total. The van der Waals surface area contributed by atoms with Gasteiger partial charge in [0.1, 0.15) is 24.0 Å². The van der Waals surface area contributed by atoms with Crippen LogP contribution in [-0.4, -0.2) is 33.8 Å². The molecule has 1 amide bonds. The second-order valence-electron chi connectivity index (χ2n) is 7.53. The van der Waals surface area contributed by atoms with Gasteiger partial charge in [-0.15, -0.1) is 0 Å². The van der Waals surface area contributed by atoms with Gasteiger partial charge in [0.25, 0.3) is 0 Å². The number of rotatable bonds is 8. The van der Waals surface area contributed by atoms with Gasteiger partial charge in [-0.2, -0.15) is 9.40 Å². The average molecular weight is 518 g/mol. The first-order valence-corrected chi connectivity index (χ1v) is 11.9. The van der Waals surface area contributed by atoms with Gasteiger partial charge < -0.3 is 5.73 Å². The molecule has 0 fully saturated rings. The summed E-state index contributed by atoms with van der Waals surface area (Å²) in [4.78, 5) is 16.4. The van der Waals surface area contributed by atoms with E-state index in [9.17, 15) is 22.0 Å². The van der Waals surface area contributed by atoms with Crippen LogP contribution in [0.25, 0.3) is 11.4 Å². The zero-order chi connectivity index (χ0) is 25.2. The van der Waals surface area contributed by atoms with E-state index in [2.05, 4.69) is 15.2 Å². The molecule has 35 heavy (non-hydrogen) atoms. The van der Waals surface area contributed by atoms with Gasteiger partial charge in [-0.3, -0.25) is 9.89 Å². The molecule has 4 aromatic rings. The maximum Gasteiger partial charge on any atom is 0.244 e. The highest BCUT2D eigenvalue weighted by molar-refractivity contribution is 7.89. The fourth-order valence-electron chi connectivity index (χ4n) is 3.55. The number of hydrogen-bond donors (Lipinski definition) is 2. The average Bonchev–Trinajstić information content (AvgIpc) is 3.33. The van der Waals surface area contributed by atoms with E-state index in [-0.39, 0.29) is 17.0 Å². The Balaban J connectivity index is 1.80. The molecule has 0 saturated heterocycles. The minimum absolute atomic E-state index is 0.178. The third kappa shape index (κ3) is 5.37. The summed E-state index contributed by atoms with van der Waals surface area (Å²) in [6.07, 6.45) is 1.42.